The van der Waals surface area contributed by atoms with E-state index in [1.165, 1.54) is 30.1 Å². The fraction of sp³-hybridized carbons (Fsp3) is 0.125. The quantitative estimate of drug-likeness (QED) is 0.365. The smallest absolute Gasteiger partial charge is 0.270 e. The van der Waals surface area contributed by atoms with Crippen molar-refractivity contribution < 1.29 is 14.5 Å². The molecule has 0 heterocycles. The van der Waals surface area contributed by atoms with Crippen LogP contribution in [0.25, 0.3) is 0 Å². The Morgan fingerprint density at radius 1 is 1.17 bits per heavy atom. The third kappa shape index (κ3) is 3.54. The summed E-state index contributed by atoms with van der Waals surface area (Å²) in [7, 11) is 1.47. The van der Waals surface area contributed by atoms with Crippen LogP contribution in [0.1, 0.15) is 15.9 Å². The Balaban J connectivity index is 2.57. The minimum absolute atomic E-state index is 0.0753. The van der Waals surface area contributed by atoms with Crippen LogP contribution in [-0.4, -0.2) is 29.5 Å². The fourth-order valence-corrected chi connectivity index (χ4v) is 2.26. The van der Waals surface area contributed by atoms with E-state index in [1.807, 2.05) is 0 Å². The molecule has 2 rings (SSSR count). The third-order valence-corrected chi connectivity index (χ3v) is 3.55. The number of carbonyl (C=O) groups is 2. The molecule has 0 atom stereocenters. The molecule has 118 valence electrons. The van der Waals surface area contributed by atoms with Gasteiger partial charge in [0.25, 0.3) is 5.69 Å². The minimum Gasteiger partial charge on any atom is -0.314 e. The number of nitrogens with zero attached hydrogens (tertiary/aromatic N) is 2. The Labute approximate surface area is 137 Å². The van der Waals surface area contributed by atoms with E-state index in [-0.39, 0.29) is 22.8 Å². The molecule has 0 bridgehead atoms. The van der Waals surface area contributed by atoms with Gasteiger partial charge >= 0.3 is 0 Å². The number of halogens is 1. The van der Waals surface area contributed by atoms with Gasteiger partial charge in [0.1, 0.15) is 5.88 Å². The second-order valence-corrected chi connectivity index (χ2v) is 5.01. The van der Waals surface area contributed by atoms with Crippen LogP contribution in [0.3, 0.4) is 0 Å². The highest BCUT2D eigenvalue weighted by molar-refractivity contribution is 6.29. The molecule has 0 aliphatic rings. The first-order valence-corrected chi connectivity index (χ1v) is 7.20. The first-order valence-electron chi connectivity index (χ1n) is 6.66. The summed E-state index contributed by atoms with van der Waals surface area (Å²) in [6.45, 7) is 0. The predicted molar refractivity (Wildman–Crippen MR) is 87.1 cm³/mol. The van der Waals surface area contributed by atoms with Gasteiger partial charge in [0.2, 0.25) is 5.91 Å². The molecule has 0 N–H and O–H groups in total. The average Bonchev–Trinajstić information content (AvgIpc) is 2.59. The van der Waals surface area contributed by atoms with Gasteiger partial charge in [-0.25, -0.2) is 0 Å². The number of ketones is 1. The zero-order chi connectivity index (χ0) is 17.0. The summed E-state index contributed by atoms with van der Waals surface area (Å²) in [5.41, 5.74) is 0.502. The van der Waals surface area contributed by atoms with Crippen LogP contribution in [0.2, 0.25) is 0 Å². The number of amides is 1. The van der Waals surface area contributed by atoms with Crippen LogP contribution in [0.4, 0.5) is 11.4 Å². The molecular weight excluding hydrogens is 320 g/mol. The van der Waals surface area contributed by atoms with Gasteiger partial charge in [0, 0.05) is 24.7 Å². The molecule has 7 heteroatoms. The van der Waals surface area contributed by atoms with Crippen LogP contribution < -0.4 is 4.90 Å². The molecule has 1 amide bonds. The van der Waals surface area contributed by atoms with Crippen molar-refractivity contribution in [1.82, 2.24) is 0 Å². The first kappa shape index (κ1) is 16.6. The fourth-order valence-electron chi connectivity index (χ4n) is 2.08. The Hall–Kier alpha value is -2.73. The molecule has 0 aromatic heterocycles. The number of alkyl halides is 1. The number of rotatable bonds is 5. The molecule has 0 aliphatic carbocycles. The van der Waals surface area contributed by atoms with Gasteiger partial charge < -0.3 is 4.90 Å². The number of anilines is 1. The number of carbonyl (C=O) groups excluding carboxylic acids is 2. The summed E-state index contributed by atoms with van der Waals surface area (Å²) >= 11 is 5.54. The Bertz CT molecular complexity index is 762. The highest BCUT2D eigenvalue weighted by atomic mass is 35.5. The molecule has 0 saturated heterocycles. The van der Waals surface area contributed by atoms with Crippen molar-refractivity contribution in [2.75, 3.05) is 17.8 Å². The molecule has 2 aromatic carbocycles. The zero-order valence-corrected chi connectivity index (χ0v) is 13.0. The molecule has 0 saturated carbocycles. The van der Waals surface area contributed by atoms with E-state index >= 15 is 0 Å². The largest absolute Gasteiger partial charge is 0.314 e. The Morgan fingerprint density at radius 2 is 1.83 bits per heavy atom. The maximum atomic E-state index is 12.7. The van der Waals surface area contributed by atoms with Gasteiger partial charge in [-0.05, 0) is 6.07 Å². The Morgan fingerprint density at radius 3 is 2.39 bits per heavy atom. The van der Waals surface area contributed by atoms with Crippen LogP contribution in [0.15, 0.2) is 48.5 Å². The van der Waals surface area contributed by atoms with Crippen LogP contribution in [-0.2, 0) is 4.79 Å². The van der Waals surface area contributed by atoms with E-state index in [9.17, 15) is 19.7 Å². The third-order valence-electron chi connectivity index (χ3n) is 3.32. The normalized spacial score (nSPS) is 10.2. The molecular formula is C16H13ClN2O4. The Kier molecular flexibility index (Phi) is 5.08. The van der Waals surface area contributed by atoms with Crippen LogP contribution in [0, 0.1) is 10.1 Å². The van der Waals surface area contributed by atoms with Crippen LogP contribution in [0.5, 0.6) is 0 Å². The highest BCUT2D eigenvalue weighted by Crippen LogP contribution is 2.27. The van der Waals surface area contributed by atoms with E-state index < -0.39 is 16.6 Å². The van der Waals surface area contributed by atoms with E-state index in [0.29, 0.717) is 5.56 Å². The van der Waals surface area contributed by atoms with E-state index in [4.69, 9.17) is 11.6 Å². The summed E-state index contributed by atoms with van der Waals surface area (Å²) < 4.78 is 0. The van der Waals surface area contributed by atoms with E-state index in [1.54, 1.807) is 30.3 Å². The van der Waals surface area contributed by atoms with Gasteiger partial charge in [-0.15, -0.1) is 11.6 Å². The molecule has 0 aliphatic heterocycles. The number of nitro groups is 1. The SMILES string of the molecule is CN(C(=O)CCl)c1ccc([N+](=O)[O-])cc1C(=O)c1ccccc1. The summed E-state index contributed by atoms with van der Waals surface area (Å²) in [6.07, 6.45) is 0. The lowest BCUT2D eigenvalue weighted by molar-refractivity contribution is -0.384. The van der Waals surface area contributed by atoms with Crippen molar-refractivity contribution in [1.29, 1.82) is 0 Å². The first-order chi connectivity index (χ1) is 11.0. The highest BCUT2D eigenvalue weighted by Gasteiger charge is 2.22. The van der Waals surface area contributed by atoms with Crippen molar-refractivity contribution in [3.63, 3.8) is 0 Å². The molecule has 0 fully saturated rings. The van der Waals surface area contributed by atoms with Gasteiger partial charge in [-0.1, -0.05) is 30.3 Å². The monoisotopic (exact) mass is 332 g/mol. The summed E-state index contributed by atoms with van der Waals surface area (Å²) in [5, 5.41) is 11.0. The standard InChI is InChI=1S/C16H13ClN2O4/c1-18(15(20)10-17)14-8-7-12(19(22)23)9-13(14)16(21)11-5-3-2-4-6-11/h2-9H,10H2,1H3. The van der Waals surface area contributed by atoms with Gasteiger partial charge in [-0.3, -0.25) is 19.7 Å². The molecule has 23 heavy (non-hydrogen) atoms. The summed E-state index contributed by atoms with van der Waals surface area (Å²) in [4.78, 5) is 36.1. The van der Waals surface area contributed by atoms with Crippen molar-refractivity contribution in [2.45, 2.75) is 0 Å². The number of non-ortho nitro benzene ring substituents is 1. The van der Waals surface area contributed by atoms with Crippen molar-refractivity contribution in [2.24, 2.45) is 0 Å². The molecule has 2 aromatic rings. The van der Waals surface area contributed by atoms with Crippen molar-refractivity contribution in [3.05, 3.63) is 69.8 Å². The van der Waals surface area contributed by atoms with Crippen LogP contribution >= 0.6 is 11.6 Å². The number of hydrogen-bond donors (Lipinski definition) is 0. The number of benzene rings is 2. The van der Waals surface area contributed by atoms with Crippen molar-refractivity contribution >= 4 is 34.7 Å². The molecule has 6 nitrogen and oxygen atoms in total. The number of hydrogen-bond acceptors (Lipinski definition) is 4. The van der Waals surface area contributed by atoms with E-state index in [0.717, 1.165) is 0 Å². The maximum absolute atomic E-state index is 12.7. The summed E-state index contributed by atoms with van der Waals surface area (Å²) in [6, 6.07) is 12.1. The predicted octanol–water partition coefficient (Wildman–Crippen LogP) is 3.03. The second kappa shape index (κ2) is 7.02. The maximum Gasteiger partial charge on any atom is 0.270 e. The van der Waals surface area contributed by atoms with Crippen molar-refractivity contribution in [3.8, 4) is 0 Å². The van der Waals surface area contributed by atoms with Gasteiger partial charge in [0.15, 0.2) is 5.78 Å². The molecule has 0 spiro atoms. The zero-order valence-electron chi connectivity index (χ0n) is 12.2. The lowest BCUT2D eigenvalue weighted by Gasteiger charge is -2.19. The van der Waals surface area contributed by atoms with Gasteiger partial charge in [-0.2, -0.15) is 0 Å². The lowest BCUT2D eigenvalue weighted by atomic mass is 10.0. The topological polar surface area (TPSA) is 80.5 Å². The van der Waals surface area contributed by atoms with Gasteiger partial charge in [0.05, 0.1) is 16.2 Å². The molecule has 0 radical (unpaired) electrons. The number of nitro benzene ring substituents is 1. The average molecular weight is 333 g/mol. The molecule has 0 unspecified atom stereocenters. The van der Waals surface area contributed by atoms with E-state index in [2.05, 4.69) is 0 Å². The minimum atomic E-state index is -0.588. The lowest BCUT2D eigenvalue weighted by Crippen LogP contribution is -2.29. The summed E-state index contributed by atoms with van der Waals surface area (Å²) in [5.74, 6) is -1.08. The second-order valence-electron chi connectivity index (χ2n) is 4.74.